The Kier molecular flexibility index (Phi) is 5.36. The van der Waals surface area contributed by atoms with Gasteiger partial charge in [-0.25, -0.2) is 0 Å². The van der Waals surface area contributed by atoms with Gasteiger partial charge in [0.05, 0.1) is 13.7 Å². The lowest BCUT2D eigenvalue weighted by atomic mass is 10.1. The summed E-state index contributed by atoms with van der Waals surface area (Å²) in [5, 5.41) is 3.14. The van der Waals surface area contributed by atoms with Gasteiger partial charge in [0.2, 0.25) is 0 Å². The van der Waals surface area contributed by atoms with Gasteiger partial charge in [-0.1, -0.05) is 12.1 Å². The van der Waals surface area contributed by atoms with Crippen molar-refractivity contribution in [3.8, 4) is 5.75 Å². The first kappa shape index (κ1) is 15.5. The third-order valence-corrected chi connectivity index (χ3v) is 2.57. The first-order valence-electron chi connectivity index (χ1n) is 6.41. The lowest BCUT2D eigenvalue weighted by Gasteiger charge is -2.21. The molecule has 1 aromatic rings. The van der Waals surface area contributed by atoms with Crippen molar-refractivity contribution < 1.29 is 14.3 Å². The van der Waals surface area contributed by atoms with Crippen LogP contribution in [0.5, 0.6) is 5.75 Å². The maximum atomic E-state index is 11.6. The number of carbonyl (C=O) groups excluding carboxylic acids is 1. The summed E-state index contributed by atoms with van der Waals surface area (Å²) in [7, 11) is 1.64. The number of esters is 1. The molecule has 106 valence electrons. The number of rotatable bonds is 5. The molecule has 1 rings (SSSR count). The molecule has 0 aliphatic rings. The molecule has 0 bridgehead atoms. The van der Waals surface area contributed by atoms with E-state index in [1.54, 1.807) is 7.11 Å². The van der Waals surface area contributed by atoms with Gasteiger partial charge in [-0.3, -0.25) is 4.79 Å². The zero-order valence-electron chi connectivity index (χ0n) is 12.3. The van der Waals surface area contributed by atoms with E-state index in [9.17, 15) is 4.79 Å². The van der Waals surface area contributed by atoms with Gasteiger partial charge in [0.15, 0.2) is 0 Å². The molecule has 19 heavy (non-hydrogen) atoms. The van der Waals surface area contributed by atoms with Crippen molar-refractivity contribution in [1.82, 2.24) is 5.32 Å². The molecule has 1 atom stereocenters. The number of ether oxygens (including phenoxy) is 2. The Labute approximate surface area is 115 Å². The van der Waals surface area contributed by atoms with Gasteiger partial charge in [0.25, 0.3) is 0 Å². The lowest BCUT2D eigenvalue weighted by molar-refractivity contribution is -0.153. The molecule has 0 amide bonds. The third-order valence-electron chi connectivity index (χ3n) is 2.57. The topological polar surface area (TPSA) is 47.6 Å². The van der Waals surface area contributed by atoms with Crippen LogP contribution >= 0.6 is 0 Å². The van der Waals surface area contributed by atoms with E-state index in [0.29, 0.717) is 0 Å². The molecular weight excluding hydrogens is 242 g/mol. The Morgan fingerprint density at radius 2 is 2.05 bits per heavy atom. The van der Waals surface area contributed by atoms with Crippen LogP contribution in [0.2, 0.25) is 0 Å². The van der Waals surface area contributed by atoms with E-state index in [1.807, 2.05) is 52.0 Å². The fourth-order valence-corrected chi connectivity index (χ4v) is 1.64. The van der Waals surface area contributed by atoms with Gasteiger partial charge in [-0.2, -0.15) is 0 Å². The van der Waals surface area contributed by atoms with Crippen LogP contribution < -0.4 is 10.1 Å². The average molecular weight is 265 g/mol. The van der Waals surface area contributed by atoms with E-state index >= 15 is 0 Å². The number of carbonyl (C=O) groups is 1. The van der Waals surface area contributed by atoms with Crippen molar-refractivity contribution in [3.05, 3.63) is 29.8 Å². The van der Waals surface area contributed by atoms with Crippen molar-refractivity contribution >= 4 is 5.97 Å². The molecule has 0 heterocycles. The average Bonchev–Trinajstić information content (AvgIpc) is 2.34. The fraction of sp³-hybridized carbons (Fsp3) is 0.533. The zero-order valence-corrected chi connectivity index (χ0v) is 12.3. The third kappa shape index (κ3) is 5.75. The van der Waals surface area contributed by atoms with Gasteiger partial charge >= 0.3 is 5.97 Å². The standard InChI is InChI=1S/C15H23NO3/c1-11(12-7-6-8-13(9-12)18-5)16-10-14(17)19-15(2,3)4/h6-9,11,16H,10H2,1-5H3/t11-/m1/s1. The molecule has 0 radical (unpaired) electrons. The van der Waals surface area contributed by atoms with E-state index in [0.717, 1.165) is 11.3 Å². The first-order chi connectivity index (χ1) is 8.81. The van der Waals surface area contributed by atoms with E-state index < -0.39 is 5.60 Å². The van der Waals surface area contributed by atoms with Crippen LogP contribution in [0.4, 0.5) is 0 Å². The normalized spacial score (nSPS) is 12.9. The Morgan fingerprint density at radius 1 is 1.37 bits per heavy atom. The van der Waals surface area contributed by atoms with Crippen LogP contribution in [0.1, 0.15) is 39.3 Å². The predicted octanol–water partition coefficient (Wildman–Crippen LogP) is 2.69. The molecule has 0 aliphatic heterocycles. The second-order valence-corrected chi connectivity index (χ2v) is 5.47. The van der Waals surface area contributed by atoms with E-state index in [4.69, 9.17) is 9.47 Å². The molecule has 1 aromatic carbocycles. The molecule has 0 fully saturated rings. The summed E-state index contributed by atoms with van der Waals surface area (Å²) in [6.07, 6.45) is 0. The maximum absolute atomic E-state index is 11.6. The molecule has 4 nitrogen and oxygen atoms in total. The van der Waals surface area contributed by atoms with Crippen molar-refractivity contribution in [1.29, 1.82) is 0 Å². The predicted molar refractivity (Wildman–Crippen MR) is 75.3 cm³/mol. The van der Waals surface area contributed by atoms with Crippen LogP contribution in [0.15, 0.2) is 24.3 Å². The Balaban J connectivity index is 2.51. The van der Waals surface area contributed by atoms with Crippen LogP contribution in [0.25, 0.3) is 0 Å². The van der Waals surface area contributed by atoms with Crippen LogP contribution in [0, 0.1) is 0 Å². The second-order valence-electron chi connectivity index (χ2n) is 5.47. The molecule has 0 aromatic heterocycles. The highest BCUT2D eigenvalue weighted by Crippen LogP contribution is 2.18. The minimum absolute atomic E-state index is 0.0580. The summed E-state index contributed by atoms with van der Waals surface area (Å²) in [5.74, 6) is 0.561. The molecule has 0 spiro atoms. The monoisotopic (exact) mass is 265 g/mol. The van der Waals surface area contributed by atoms with Crippen LogP contribution in [-0.4, -0.2) is 25.2 Å². The lowest BCUT2D eigenvalue weighted by Crippen LogP contribution is -2.32. The van der Waals surface area contributed by atoms with Gasteiger partial charge in [-0.05, 0) is 45.4 Å². The highest BCUT2D eigenvalue weighted by Gasteiger charge is 2.16. The zero-order chi connectivity index (χ0) is 14.5. The minimum atomic E-state index is -0.446. The molecule has 0 saturated heterocycles. The van der Waals surface area contributed by atoms with Gasteiger partial charge in [0, 0.05) is 6.04 Å². The largest absolute Gasteiger partial charge is 0.497 e. The van der Waals surface area contributed by atoms with Crippen molar-refractivity contribution in [2.75, 3.05) is 13.7 Å². The van der Waals surface area contributed by atoms with Gasteiger partial charge < -0.3 is 14.8 Å². The summed E-state index contributed by atoms with van der Waals surface area (Å²) in [5.41, 5.74) is 0.626. The van der Waals surface area contributed by atoms with Gasteiger partial charge in [-0.15, -0.1) is 0 Å². The van der Waals surface area contributed by atoms with Crippen molar-refractivity contribution in [2.45, 2.75) is 39.3 Å². The summed E-state index contributed by atoms with van der Waals surface area (Å²) in [6, 6.07) is 7.83. The van der Waals surface area contributed by atoms with Crippen molar-refractivity contribution in [2.24, 2.45) is 0 Å². The van der Waals surface area contributed by atoms with E-state index in [1.165, 1.54) is 0 Å². The number of hydrogen-bond donors (Lipinski definition) is 1. The Hall–Kier alpha value is -1.55. The number of methoxy groups -OCH3 is 1. The smallest absolute Gasteiger partial charge is 0.320 e. The Bertz CT molecular complexity index is 424. The summed E-state index contributed by atoms with van der Waals surface area (Å²) in [4.78, 5) is 11.6. The fourth-order valence-electron chi connectivity index (χ4n) is 1.64. The minimum Gasteiger partial charge on any atom is -0.497 e. The van der Waals surface area contributed by atoms with Crippen molar-refractivity contribution in [3.63, 3.8) is 0 Å². The second kappa shape index (κ2) is 6.57. The highest BCUT2D eigenvalue weighted by atomic mass is 16.6. The molecular formula is C15H23NO3. The van der Waals surface area contributed by atoms with E-state index in [-0.39, 0.29) is 18.6 Å². The molecule has 0 saturated carbocycles. The summed E-state index contributed by atoms with van der Waals surface area (Å²) >= 11 is 0. The van der Waals surface area contributed by atoms with E-state index in [2.05, 4.69) is 5.32 Å². The summed E-state index contributed by atoms with van der Waals surface area (Å²) < 4.78 is 10.4. The summed E-state index contributed by atoms with van der Waals surface area (Å²) in [6.45, 7) is 7.76. The van der Waals surface area contributed by atoms with Gasteiger partial charge in [0.1, 0.15) is 11.4 Å². The Morgan fingerprint density at radius 3 is 2.63 bits per heavy atom. The molecule has 0 aliphatic carbocycles. The van der Waals surface area contributed by atoms with Crippen LogP contribution in [-0.2, 0) is 9.53 Å². The SMILES string of the molecule is COc1cccc([C@@H](C)NCC(=O)OC(C)(C)C)c1. The number of hydrogen-bond acceptors (Lipinski definition) is 4. The van der Waals surface area contributed by atoms with Crippen LogP contribution in [0.3, 0.4) is 0 Å². The molecule has 4 heteroatoms. The highest BCUT2D eigenvalue weighted by molar-refractivity contribution is 5.72. The maximum Gasteiger partial charge on any atom is 0.320 e. The molecule has 1 N–H and O–H groups in total. The molecule has 0 unspecified atom stereocenters. The number of nitrogens with one attached hydrogen (secondary N) is 1. The quantitative estimate of drug-likeness (QED) is 0.832. The number of benzene rings is 1. The first-order valence-corrected chi connectivity index (χ1v) is 6.41.